The number of aromatic nitrogens is 1. The smallest absolute Gasteiger partial charge is 0.255 e. The van der Waals surface area contributed by atoms with Crippen LogP contribution in [0.1, 0.15) is 31.9 Å². The van der Waals surface area contributed by atoms with Crippen LogP contribution in [-0.2, 0) is 5.88 Å². The monoisotopic (exact) mass is 199 g/mol. The molecule has 0 spiro atoms. The van der Waals surface area contributed by atoms with Gasteiger partial charge < -0.3 is 4.57 Å². The van der Waals surface area contributed by atoms with Crippen LogP contribution in [0.15, 0.2) is 23.1 Å². The molecule has 0 aliphatic heterocycles. The van der Waals surface area contributed by atoms with Gasteiger partial charge in [0.15, 0.2) is 0 Å². The van der Waals surface area contributed by atoms with Gasteiger partial charge in [-0.3, -0.25) is 4.79 Å². The third-order valence-corrected chi connectivity index (χ3v) is 2.55. The van der Waals surface area contributed by atoms with E-state index in [0.29, 0.717) is 5.56 Å². The summed E-state index contributed by atoms with van der Waals surface area (Å²) in [6, 6.07) is 3.88. The van der Waals surface area contributed by atoms with E-state index >= 15 is 0 Å². The Morgan fingerprint density at radius 2 is 2.31 bits per heavy atom. The molecule has 0 N–H and O–H groups in total. The largest absolute Gasteiger partial charge is 0.312 e. The lowest BCUT2D eigenvalue weighted by Gasteiger charge is -2.13. The summed E-state index contributed by atoms with van der Waals surface area (Å²) in [7, 11) is 0. The summed E-state index contributed by atoms with van der Waals surface area (Å²) >= 11 is 5.64. The Kier molecular flexibility index (Phi) is 3.55. The Hall–Kier alpha value is -0.760. The van der Waals surface area contributed by atoms with Crippen molar-refractivity contribution in [2.45, 2.75) is 32.2 Å². The zero-order valence-electron chi connectivity index (χ0n) is 7.96. The molecule has 1 unspecified atom stereocenters. The first kappa shape index (κ1) is 10.3. The van der Waals surface area contributed by atoms with Crippen LogP contribution < -0.4 is 5.56 Å². The summed E-state index contributed by atoms with van der Waals surface area (Å²) in [6.07, 6.45) is 2.76. The molecular weight excluding hydrogens is 186 g/mol. The highest BCUT2D eigenvalue weighted by Crippen LogP contribution is 2.07. The molecule has 0 radical (unpaired) electrons. The summed E-state index contributed by atoms with van der Waals surface area (Å²) in [5.41, 5.74) is 0.705. The van der Waals surface area contributed by atoms with Crippen molar-refractivity contribution in [3.05, 3.63) is 34.2 Å². The average molecular weight is 200 g/mol. The van der Waals surface area contributed by atoms with Crippen molar-refractivity contribution in [1.29, 1.82) is 0 Å². The zero-order valence-corrected chi connectivity index (χ0v) is 8.71. The minimum Gasteiger partial charge on any atom is -0.312 e. The molecule has 0 aromatic carbocycles. The van der Waals surface area contributed by atoms with Gasteiger partial charge >= 0.3 is 0 Å². The maximum Gasteiger partial charge on any atom is 0.255 e. The quantitative estimate of drug-likeness (QED) is 0.686. The number of halogens is 1. The molecular formula is C10H14ClNO. The second kappa shape index (κ2) is 4.47. The van der Waals surface area contributed by atoms with Crippen molar-refractivity contribution >= 4 is 11.6 Å². The number of alkyl halides is 1. The highest BCUT2D eigenvalue weighted by atomic mass is 35.5. The third kappa shape index (κ3) is 2.13. The molecule has 0 aliphatic rings. The maximum absolute atomic E-state index is 11.7. The lowest BCUT2D eigenvalue weighted by atomic mass is 10.2. The average Bonchev–Trinajstić information content (AvgIpc) is 2.17. The Morgan fingerprint density at radius 1 is 1.62 bits per heavy atom. The highest BCUT2D eigenvalue weighted by Gasteiger charge is 2.06. The van der Waals surface area contributed by atoms with Gasteiger partial charge in [0.1, 0.15) is 0 Å². The van der Waals surface area contributed by atoms with Crippen molar-refractivity contribution in [3.63, 3.8) is 0 Å². The van der Waals surface area contributed by atoms with Gasteiger partial charge in [-0.05, 0) is 19.4 Å². The normalized spacial score (nSPS) is 12.8. The number of nitrogens with zero attached hydrogens (tertiary/aromatic N) is 1. The Labute approximate surface area is 83.2 Å². The molecule has 3 heteroatoms. The van der Waals surface area contributed by atoms with Gasteiger partial charge in [-0.2, -0.15) is 0 Å². The van der Waals surface area contributed by atoms with Gasteiger partial charge in [0.2, 0.25) is 0 Å². The van der Waals surface area contributed by atoms with Gasteiger partial charge in [0.25, 0.3) is 5.56 Å². The van der Waals surface area contributed by atoms with Gasteiger partial charge in [0, 0.05) is 17.8 Å². The molecule has 1 rings (SSSR count). The van der Waals surface area contributed by atoms with Crippen LogP contribution in [0, 0.1) is 0 Å². The number of pyridine rings is 1. The minimum atomic E-state index is 0.0341. The van der Waals surface area contributed by atoms with Crippen LogP contribution >= 0.6 is 11.6 Å². The van der Waals surface area contributed by atoms with E-state index < -0.39 is 0 Å². The van der Waals surface area contributed by atoms with Crippen LogP contribution in [0.5, 0.6) is 0 Å². The molecule has 0 aliphatic carbocycles. The lowest BCUT2D eigenvalue weighted by molar-refractivity contribution is 0.512. The third-order valence-electron chi connectivity index (χ3n) is 2.26. The molecule has 1 atom stereocenters. The molecule has 0 fully saturated rings. The van der Waals surface area contributed by atoms with Crippen LogP contribution in [0.4, 0.5) is 0 Å². The molecule has 1 aromatic rings. The second-order valence-corrected chi connectivity index (χ2v) is 3.40. The predicted molar refractivity (Wildman–Crippen MR) is 55.3 cm³/mol. The van der Waals surface area contributed by atoms with E-state index in [1.165, 1.54) is 0 Å². The van der Waals surface area contributed by atoms with Crippen molar-refractivity contribution in [2.24, 2.45) is 0 Å². The fourth-order valence-corrected chi connectivity index (χ4v) is 1.41. The van der Waals surface area contributed by atoms with Crippen LogP contribution in [0.3, 0.4) is 0 Å². The Balaban J connectivity index is 3.16. The highest BCUT2D eigenvalue weighted by molar-refractivity contribution is 6.17. The fraction of sp³-hybridized carbons (Fsp3) is 0.500. The Morgan fingerprint density at radius 3 is 2.85 bits per heavy atom. The molecule has 2 nitrogen and oxygen atoms in total. The van der Waals surface area contributed by atoms with E-state index in [-0.39, 0.29) is 17.5 Å². The van der Waals surface area contributed by atoms with Crippen LogP contribution in [0.25, 0.3) is 0 Å². The van der Waals surface area contributed by atoms with Gasteiger partial charge in [-0.15, -0.1) is 11.6 Å². The maximum atomic E-state index is 11.7. The molecule has 13 heavy (non-hydrogen) atoms. The van der Waals surface area contributed by atoms with Crippen molar-refractivity contribution in [3.8, 4) is 0 Å². The molecule has 0 saturated heterocycles. The van der Waals surface area contributed by atoms with Gasteiger partial charge in [-0.25, -0.2) is 0 Å². The molecule has 1 aromatic heterocycles. The number of rotatable bonds is 3. The predicted octanol–water partition coefficient (Wildman–Crippen LogP) is 2.56. The summed E-state index contributed by atoms with van der Waals surface area (Å²) in [5.74, 6) is 0.288. The SMILES string of the molecule is CCC(C)n1cccc(CCl)c1=O. The van der Waals surface area contributed by atoms with Crippen molar-refractivity contribution < 1.29 is 0 Å². The summed E-state index contributed by atoms with van der Waals surface area (Å²) in [5, 5.41) is 0. The number of hydrogen-bond donors (Lipinski definition) is 0. The first-order chi connectivity index (χ1) is 6.20. The molecule has 0 bridgehead atoms. The van der Waals surface area contributed by atoms with Crippen LogP contribution in [-0.4, -0.2) is 4.57 Å². The van der Waals surface area contributed by atoms with Gasteiger partial charge in [0.05, 0.1) is 5.88 Å². The van der Waals surface area contributed by atoms with Gasteiger partial charge in [-0.1, -0.05) is 13.0 Å². The number of hydrogen-bond acceptors (Lipinski definition) is 1. The standard InChI is InChI=1S/C10H14ClNO/c1-3-8(2)12-6-4-5-9(7-11)10(12)13/h4-6,8H,3,7H2,1-2H3. The molecule has 1 heterocycles. The first-order valence-electron chi connectivity index (χ1n) is 4.46. The Bertz CT molecular complexity index is 332. The van der Waals surface area contributed by atoms with E-state index in [0.717, 1.165) is 6.42 Å². The molecule has 0 saturated carbocycles. The summed E-state index contributed by atoms with van der Waals surface area (Å²) in [4.78, 5) is 11.7. The topological polar surface area (TPSA) is 22.0 Å². The minimum absolute atomic E-state index is 0.0341. The van der Waals surface area contributed by atoms with Crippen molar-refractivity contribution in [2.75, 3.05) is 0 Å². The molecule has 0 amide bonds. The van der Waals surface area contributed by atoms with E-state index in [1.807, 2.05) is 19.2 Å². The van der Waals surface area contributed by atoms with E-state index in [9.17, 15) is 4.79 Å². The van der Waals surface area contributed by atoms with E-state index in [2.05, 4.69) is 6.92 Å². The van der Waals surface area contributed by atoms with Crippen LogP contribution in [0.2, 0.25) is 0 Å². The summed E-state index contributed by atoms with van der Waals surface area (Å²) < 4.78 is 1.73. The second-order valence-electron chi connectivity index (χ2n) is 3.14. The van der Waals surface area contributed by atoms with Crippen molar-refractivity contribution in [1.82, 2.24) is 4.57 Å². The first-order valence-corrected chi connectivity index (χ1v) is 5.00. The zero-order chi connectivity index (χ0) is 9.84. The molecule has 72 valence electrons. The fourth-order valence-electron chi connectivity index (χ4n) is 1.20. The summed E-state index contributed by atoms with van der Waals surface area (Å²) in [6.45, 7) is 4.09. The van der Waals surface area contributed by atoms with E-state index in [4.69, 9.17) is 11.6 Å². The van der Waals surface area contributed by atoms with E-state index in [1.54, 1.807) is 10.6 Å². The lowest BCUT2D eigenvalue weighted by Crippen LogP contribution is -2.24.